The zero-order chi connectivity index (χ0) is 25.0. The summed E-state index contributed by atoms with van der Waals surface area (Å²) in [4.78, 5) is 17.8. The molecule has 0 atom stereocenters. The molecule has 184 valence electrons. The number of hydrogen-bond acceptors (Lipinski definition) is 4. The topological polar surface area (TPSA) is 71.7 Å². The van der Waals surface area contributed by atoms with Crippen LogP contribution in [0.4, 0.5) is 4.39 Å². The molecule has 0 spiro atoms. The van der Waals surface area contributed by atoms with Gasteiger partial charge in [0.25, 0.3) is 5.91 Å². The first-order valence-corrected chi connectivity index (χ1v) is 13.8. The SMILES string of the molecule is CCCn1c(=NC(=O)c2ccc(S(=O)(=O)N(CC(C)C)CC(C)C)cc2)sc2cc(F)ccc21. The molecule has 1 amide bonds. The van der Waals surface area contributed by atoms with E-state index in [9.17, 15) is 17.6 Å². The number of halogens is 1. The van der Waals surface area contributed by atoms with Crippen LogP contribution in [0.1, 0.15) is 51.4 Å². The standard InChI is InChI=1S/C25H32FN3O3S2/c1-6-13-29-22-12-9-20(26)14-23(22)33-25(29)27-24(30)19-7-10-21(11-8-19)34(31,32)28(15-17(2)3)16-18(4)5/h7-12,14,17-18H,6,13,15-16H2,1-5H3. The molecule has 2 aromatic carbocycles. The van der Waals surface area contributed by atoms with Gasteiger partial charge in [-0.25, -0.2) is 12.8 Å². The Morgan fingerprint density at radius 3 is 2.24 bits per heavy atom. The van der Waals surface area contributed by atoms with E-state index < -0.39 is 15.9 Å². The molecule has 0 saturated carbocycles. The van der Waals surface area contributed by atoms with E-state index in [0.29, 0.717) is 30.0 Å². The summed E-state index contributed by atoms with van der Waals surface area (Å²) in [6.45, 7) is 11.5. The number of carbonyl (C=O) groups is 1. The van der Waals surface area contributed by atoms with Crippen molar-refractivity contribution in [1.29, 1.82) is 0 Å². The summed E-state index contributed by atoms with van der Waals surface area (Å²) < 4.78 is 44.2. The van der Waals surface area contributed by atoms with Crippen molar-refractivity contribution in [2.45, 2.75) is 52.5 Å². The highest BCUT2D eigenvalue weighted by Gasteiger charge is 2.26. The van der Waals surface area contributed by atoms with Gasteiger partial charge >= 0.3 is 0 Å². The zero-order valence-corrected chi connectivity index (χ0v) is 21.9. The molecule has 6 nitrogen and oxygen atoms in total. The number of nitrogens with zero attached hydrogens (tertiary/aromatic N) is 3. The van der Waals surface area contributed by atoms with Gasteiger partial charge in [0, 0.05) is 25.2 Å². The number of fused-ring (bicyclic) bond motifs is 1. The summed E-state index contributed by atoms with van der Waals surface area (Å²) >= 11 is 1.26. The first kappa shape index (κ1) is 26.2. The Hall–Kier alpha value is -2.36. The number of amides is 1. The second-order valence-electron chi connectivity index (χ2n) is 9.20. The van der Waals surface area contributed by atoms with Crippen LogP contribution >= 0.6 is 11.3 Å². The first-order valence-electron chi connectivity index (χ1n) is 11.5. The molecule has 0 saturated heterocycles. The van der Waals surface area contributed by atoms with E-state index in [4.69, 9.17) is 0 Å². The van der Waals surface area contributed by atoms with Crippen LogP contribution < -0.4 is 4.80 Å². The maximum absolute atomic E-state index is 13.7. The third-order valence-corrected chi connectivity index (χ3v) is 8.05. The summed E-state index contributed by atoms with van der Waals surface area (Å²) in [7, 11) is -3.67. The smallest absolute Gasteiger partial charge is 0.279 e. The van der Waals surface area contributed by atoms with E-state index in [1.165, 1.54) is 52.0 Å². The van der Waals surface area contributed by atoms with E-state index in [1.807, 2.05) is 39.2 Å². The Morgan fingerprint density at radius 1 is 1.06 bits per heavy atom. The Kier molecular flexibility index (Phi) is 8.43. The Bertz CT molecular complexity index is 1310. The van der Waals surface area contributed by atoms with Gasteiger partial charge in [-0.15, -0.1) is 0 Å². The van der Waals surface area contributed by atoms with Gasteiger partial charge < -0.3 is 4.57 Å². The summed E-state index contributed by atoms with van der Waals surface area (Å²) in [5.74, 6) is -0.423. The molecule has 0 aliphatic heterocycles. The molecular formula is C25H32FN3O3S2. The predicted molar refractivity (Wildman–Crippen MR) is 135 cm³/mol. The van der Waals surface area contributed by atoms with Crippen molar-refractivity contribution in [1.82, 2.24) is 8.87 Å². The van der Waals surface area contributed by atoms with Crippen molar-refractivity contribution in [3.8, 4) is 0 Å². The van der Waals surface area contributed by atoms with Crippen LogP contribution in [-0.2, 0) is 16.6 Å². The van der Waals surface area contributed by atoms with Crippen LogP contribution in [-0.4, -0.2) is 36.3 Å². The van der Waals surface area contributed by atoms with Crippen LogP contribution in [0.2, 0.25) is 0 Å². The van der Waals surface area contributed by atoms with Crippen LogP contribution in [0.25, 0.3) is 10.2 Å². The number of benzene rings is 2. The maximum atomic E-state index is 13.7. The second-order valence-corrected chi connectivity index (χ2v) is 12.1. The monoisotopic (exact) mass is 505 g/mol. The number of carbonyl (C=O) groups excluding carboxylic acids is 1. The second kappa shape index (κ2) is 10.9. The molecule has 0 aliphatic rings. The Balaban J connectivity index is 1.94. The zero-order valence-electron chi connectivity index (χ0n) is 20.3. The molecular weight excluding hydrogens is 473 g/mol. The Labute approximate surface area is 204 Å². The highest BCUT2D eigenvalue weighted by Crippen LogP contribution is 2.21. The quantitative estimate of drug-likeness (QED) is 0.396. The van der Waals surface area contributed by atoms with E-state index in [-0.39, 0.29) is 22.5 Å². The summed E-state index contributed by atoms with van der Waals surface area (Å²) in [5.41, 5.74) is 1.13. The fourth-order valence-electron chi connectivity index (χ4n) is 3.73. The molecule has 0 bridgehead atoms. The summed E-state index contributed by atoms with van der Waals surface area (Å²) in [6.07, 6.45) is 0.834. The molecule has 0 fully saturated rings. The maximum Gasteiger partial charge on any atom is 0.279 e. The minimum Gasteiger partial charge on any atom is -0.316 e. The van der Waals surface area contributed by atoms with Crippen molar-refractivity contribution in [3.63, 3.8) is 0 Å². The molecule has 3 aromatic rings. The Morgan fingerprint density at radius 2 is 1.68 bits per heavy atom. The molecule has 0 aliphatic carbocycles. The largest absolute Gasteiger partial charge is 0.316 e. The van der Waals surface area contributed by atoms with Crippen molar-refractivity contribution < 1.29 is 17.6 Å². The fourth-order valence-corrected chi connectivity index (χ4v) is 6.57. The van der Waals surface area contributed by atoms with Gasteiger partial charge in [-0.05, 0) is 60.7 Å². The van der Waals surface area contributed by atoms with Gasteiger partial charge in [-0.1, -0.05) is 46.0 Å². The predicted octanol–water partition coefficient (Wildman–Crippen LogP) is 5.30. The van der Waals surface area contributed by atoms with Crippen molar-refractivity contribution >= 4 is 37.5 Å². The van der Waals surface area contributed by atoms with Crippen LogP contribution in [0.5, 0.6) is 0 Å². The minimum atomic E-state index is -3.67. The average molecular weight is 506 g/mol. The van der Waals surface area contributed by atoms with E-state index in [0.717, 1.165) is 16.6 Å². The summed E-state index contributed by atoms with van der Waals surface area (Å²) in [5, 5.41) is 0. The molecule has 1 heterocycles. The van der Waals surface area contributed by atoms with E-state index in [2.05, 4.69) is 4.99 Å². The number of hydrogen-bond donors (Lipinski definition) is 0. The van der Waals surface area contributed by atoms with Crippen LogP contribution in [0, 0.1) is 17.7 Å². The lowest BCUT2D eigenvalue weighted by atomic mass is 10.2. The van der Waals surface area contributed by atoms with Gasteiger partial charge in [-0.3, -0.25) is 4.79 Å². The van der Waals surface area contributed by atoms with Crippen molar-refractivity contribution in [2.24, 2.45) is 16.8 Å². The molecule has 3 rings (SSSR count). The number of thiazole rings is 1. The third-order valence-electron chi connectivity index (χ3n) is 5.17. The number of rotatable bonds is 9. The third kappa shape index (κ3) is 6.00. The molecule has 0 radical (unpaired) electrons. The lowest BCUT2D eigenvalue weighted by molar-refractivity contribution is 0.0997. The van der Waals surface area contributed by atoms with Gasteiger partial charge in [0.2, 0.25) is 10.0 Å². The van der Waals surface area contributed by atoms with E-state index in [1.54, 1.807) is 6.07 Å². The van der Waals surface area contributed by atoms with E-state index >= 15 is 0 Å². The minimum absolute atomic E-state index is 0.156. The van der Waals surface area contributed by atoms with Gasteiger partial charge in [-0.2, -0.15) is 9.30 Å². The number of aryl methyl sites for hydroxylation is 1. The number of sulfonamides is 1. The normalized spacial score (nSPS) is 13.0. The highest BCUT2D eigenvalue weighted by atomic mass is 32.2. The van der Waals surface area contributed by atoms with Gasteiger partial charge in [0.15, 0.2) is 4.80 Å². The average Bonchev–Trinajstić information content (AvgIpc) is 3.09. The first-order chi connectivity index (χ1) is 16.0. The fraction of sp³-hybridized carbons (Fsp3) is 0.440. The molecule has 9 heteroatoms. The lowest BCUT2D eigenvalue weighted by Crippen LogP contribution is -2.37. The van der Waals surface area contributed by atoms with Gasteiger partial charge in [0.05, 0.1) is 15.1 Å². The lowest BCUT2D eigenvalue weighted by Gasteiger charge is -2.25. The number of aromatic nitrogens is 1. The molecule has 1 aromatic heterocycles. The van der Waals surface area contributed by atoms with Crippen LogP contribution in [0.15, 0.2) is 52.4 Å². The molecule has 34 heavy (non-hydrogen) atoms. The summed E-state index contributed by atoms with van der Waals surface area (Å²) in [6, 6.07) is 10.5. The van der Waals surface area contributed by atoms with Crippen molar-refractivity contribution in [2.75, 3.05) is 13.1 Å². The van der Waals surface area contributed by atoms with Gasteiger partial charge in [0.1, 0.15) is 5.82 Å². The molecule has 0 unspecified atom stereocenters. The van der Waals surface area contributed by atoms with Crippen molar-refractivity contribution in [3.05, 3.63) is 58.6 Å². The molecule has 0 N–H and O–H groups in total. The van der Waals surface area contributed by atoms with Crippen LogP contribution in [0.3, 0.4) is 0 Å². The highest BCUT2D eigenvalue weighted by molar-refractivity contribution is 7.89.